The molecule has 1 aliphatic carbocycles. The Kier molecular flexibility index (Phi) is 4.27. The van der Waals surface area contributed by atoms with Gasteiger partial charge in [0.05, 0.1) is 5.56 Å². The van der Waals surface area contributed by atoms with Crippen molar-refractivity contribution in [2.75, 3.05) is 12.3 Å². The number of hydrogen-bond donors (Lipinski definition) is 1. The first-order chi connectivity index (χ1) is 8.63. The van der Waals surface area contributed by atoms with Crippen LogP contribution in [0.4, 0.5) is 5.69 Å². The van der Waals surface area contributed by atoms with Gasteiger partial charge in [0, 0.05) is 22.7 Å². The lowest BCUT2D eigenvalue weighted by Crippen LogP contribution is -2.34. The van der Waals surface area contributed by atoms with Gasteiger partial charge < -0.3 is 10.6 Å². The summed E-state index contributed by atoms with van der Waals surface area (Å²) in [5, 5.41) is 0. The van der Waals surface area contributed by atoms with Gasteiger partial charge >= 0.3 is 0 Å². The van der Waals surface area contributed by atoms with Crippen LogP contribution in [0.3, 0.4) is 0 Å². The lowest BCUT2D eigenvalue weighted by molar-refractivity contribution is 0.0742. The molecule has 0 atom stereocenters. The van der Waals surface area contributed by atoms with E-state index in [9.17, 15) is 4.79 Å². The molecule has 3 nitrogen and oxygen atoms in total. The number of carbonyl (C=O) groups excluding carboxylic acids is 1. The molecule has 0 aromatic heterocycles. The molecule has 0 aliphatic heterocycles. The number of benzene rings is 1. The summed E-state index contributed by atoms with van der Waals surface area (Å²) in [6.07, 6.45) is 4.41. The maximum absolute atomic E-state index is 12.5. The molecule has 1 saturated carbocycles. The van der Waals surface area contributed by atoms with E-state index in [-0.39, 0.29) is 5.91 Å². The molecule has 0 bridgehead atoms. The van der Waals surface area contributed by atoms with E-state index in [4.69, 9.17) is 5.73 Å². The Labute approximate surface area is 116 Å². The van der Waals surface area contributed by atoms with Crippen molar-refractivity contribution in [2.24, 2.45) is 0 Å². The fraction of sp³-hybridized carbons (Fsp3) is 0.500. The third-order valence-electron chi connectivity index (χ3n) is 3.25. The van der Waals surface area contributed by atoms with E-state index in [1.807, 2.05) is 17.0 Å². The van der Waals surface area contributed by atoms with Crippen molar-refractivity contribution in [2.45, 2.75) is 38.6 Å². The number of nitrogen functional groups attached to an aromatic ring is 1. The predicted octanol–water partition coefficient (Wildman–Crippen LogP) is 3.44. The molecular formula is C14H19BrN2O. The van der Waals surface area contributed by atoms with Gasteiger partial charge in [-0.25, -0.2) is 0 Å². The van der Waals surface area contributed by atoms with Crippen molar-refractivity contribution in [3.63, 3.8) is 0 Å². The zero-order valence-corrected chi connectivity index (χ0v) is 12.2. The number of halogens is 1. The second-order valence-electron chi connectivity index (χ2n) is 4.81. The SMILES string of the molecule is CCCCN(C(=O)c1cc(Br)ccc1N)C1CC1. The zero-order valence-electron chi connectivity index (χ0n) is 10.7. The number of hydrogen-bond acceptors (Lipinski definition) is 2. The second-order valence-corrected chi connectivity index (χ2v) is 5.73. The van der Waals surface area contributed by atoms with Crippen molar-refractivity contribution in [3.8, 4) is 0 Å². The average Bonchev–Trinajstić information content (AvgIpc) is 3.17. The van der Waals surface area contributed by atoms with Crippen LogP contribution in [0.2, 0.25) is 0 Å². The zero-order chi connectivity index (χ0) is 13.1. The third kappa shape index (κ3) is 3.05. The van der Waals surface area contributed by atoms with Gasteiger partial charge in [-0.15, -0.1) is 0 Å². The minimum absolute atomic E-state index is 0.0738. The smallest absolute Gasteiger partial charge is 0.256 e. The number of rotatable bonds is 5. The Balaban J connectivity index is 2.19. The number of nitrogens with zero attached hydrogens (tertiary/aromatic N) is 1. The Bertz CT molecular complexity index is 443. The summed E-state index contributed by atoms with van der Waals surface area (Å²) in [4.78, 5) is 14.5. The Morgan fingerprint density at radius 1 is 1.50 bits per heavy atom. The van der Waals surface area contributed by atoms with Crippen LogP contribution in [0.25, 0.3) is 0 Å². The molecule has 0 radical (unpaired) electrons. The highest BCUT2D eigenvalue weighted by Gasteiger charge is 2.33. The summed E-state index contributed by atoms with van der Waals surface area (Å²) in [5.41, 5.74) is 7.09. The van der Waals surface area contributed by atoms with E-state index in [2.05, 4.69) is 22.9 Å². The molecule has 0 heterocycles. The van der Waals surface area contributed by atoms with Crippen LogP contribution in [-0.4, -0.2) is 23.4 Å². The maximum Gasteiger partial charge on any atom is 0.256 e. The monoisotopic (exact) mass is 310 g/mol. The molecule has 1 amide bonds. The van der Waals surface area contributed by atoms with Gasteiger partial charge in [0.1, 0.15) is 0 Å². The van der Waals surface area contributed by atoms with E-state index in [0.29, 0.717) is 17.3 Å². The van der Waals surface area contributed by atoms with Crippen LogP contribution in [0, 0.1) is 0 Å². The fourth-order valence-corrected chi connectivity index (χ4v) is 2.39. The average molecular weight is 311 g/mol. The summed E-state index contributed by atoms with van der Waals surface area (Å²) >= 11 is 3.39. The van der Waals surface area contributed by atoms with Crippen LogP contribution >= 0.6 is 15.9 Å². The lowest BCUT2D eigenvalue weighted by atomic mass is 10.1. The highest BCUT2D eigenvalue weighted by molar-refractivity contribution is 9.10. The van der Waals surface area contributed by atoms with Crippen molar-refractivity contribution >= 4 is 27.5 Å². The van der Waals surface area contributed by atoms with E-state index in [1.165, 1.54) is 0 Å². The van der Waals surface area contributed by atoms with Crippen molar-refractivity contribution in [1.29, 1.82) is 0 Å². The highest BCUT2D eigenvalue weighted by Crippen LogP contribution is 2.30. The summed E-state index contributed by atoms with van der Waals surface area (Å²) in [6.45, 7) is 2.98. The number of amides is 1. The topological polar surface area (TPSA) is 46.3 Å². The van der Waals surface area contributed by atoms with Gasteiger partial charge in [0.2, 0.25) is 0 Å². The van der Waals surface area contributed by atoms with E-state index in [0.717, 1.165) is 36.7 Å². The molecule has 2 N–H and O–H groups in total. The van der Waals surface area contributed by atoms with E-state index < -0.39 is 0 Å². The molecule has 1 aliphatic rings. The number of nitrogens with two attached hydrogens (primary N) is 1. The first kappa shape index (κ1) is 13.4. The normalized spacial score (nSPS) is 14.6. The fourth-order valence-electron chi connectivity index (χ4n) is 2.03. The second kappa shape index (κ2) is 5.74. The van der Waals surface area contributed by atoms with Gasteiger partial charge in [-0.05, 0) is 37.5 Å². The molecule has 1 aromatic carbocycles. The summed E-state index contributed by atoms with van der Waals surface area (Å²) in [6, 6.07) is 5.89. The van der Waals surface area contributed by atoms with Crippen molar-refractivity contribution in [1.82, 2.24) is 4.90 Å². The van der Waals surface area contributed by atoms with Gasteiger partial charge in [-0.2, -0.15) is 0 Å². The first-order valence-corrected chi connectivity index (χ1v) is 7.28. The van der Waals surface area contributed by atoms with Crippen molar-refractivity contribution < 1.29 is 4.79 Å². The molecule has 0 spiro atoms. The summed E-state index contributed by atoms with van der Waals surface area (Å²) in [7, 11) is 0. The molecule has 0 unspecified atom stereocenters. The van der Waals surface area contributed by atoms with Gasteiger partial charge in [-0.3, -0.25) is 4.79 Å². The Hall–Kier alpha value is -1.03. The minimum atomic E-state index is 0.0738. The van der Waals surface area contributed by atoms with Crippen LogP contribution in [0.5, 0.6) is 0 Å². The Morgan fingerprint density at radius 2 is 2.22 bits per heavy atom. The standard InChI is InChI=1S/C14H19BrN2O/c1-2-3-8-17(11-5-6-11)14(18)12-9-10(15)4-7-13(12)16/h4,7,9,11H,2-3,5-6,8,16H2,1H3. The molecule has 98 valence electrons. The maximum atomic E-state index is 12.5. The molecule has 1 fully saturated rings. The molecular weight excluding hydrogens is 292 g/mol. The van der Waals surface area contributed by atoms with E-state index >= 15 is 0 Å². The molecule has 2 rings (SSSR count). The largest absolute Gasteiger partial charge is 0.398 e. The molecule has 4 heteroatoms. The summed E-state index contributed by atoms with van der Waals surface area (Å²) < 4.78 is 0.895. The highest BCUT2D eigenvalue weighted by atomic mass is 79.9. The van der Waals surface area contributed by atoms with Crippen LogP contribution < -0.4 is 5.73 Å². The van der Waals surface area contributed by atoms with Crippen LogP contribution in [0.1, 0.15) is 43.0 Å². The number of unbranched alkanes of at least 4 members (excludes halogenated alkanes) is 1. The van der Waals surface area contributed by atoms with Gasteiger partial charge in [-0.1, -0.05) is 29.3 Å². The quantitative estimate of drug-likeness (QED) is 0.847. The Morgan fingerprint density at radius 3 is 2.83 bits per heavy atom. The van der Waals surface area contributed by atoms with Crippen LogP contribution in [0.15, 0.2) is 22.7 Å². The summed E-state index contributed by atoms with van der Waals surface area (Å²) in [5.74, 6) is 0.0738. The number of carbonyl (C=O) groups is 1. The van der Waals surface area contributed by atoms with Gasteiger partial charge in [0.25, 0.3) is 5.91 Å². The lowest BCUT2D eigenvalue weighted by Gasteiger charge is -2.23. The predicted molar refractivity (Wildman–Crippen MR) is 77.5 cm³/mol. The van der Waals surface area contributed by atoms with Crippen LogP contribution in [-0.2, 0) is 0 Å². The van der Waals surface area contributed by atoms with Crippen molar-refractivity contribution in [3.05, 3.63) is 28.2 Å². The minimum Gasteiger partial charge on any atom is -0.398 e. The number of anilines is 1. The third-order valence-corrected chi connectivity index (χ3v) is 3.74. The van der Waals surface area contributed by atoms with Gasteiger partial charge in [0.15, 0.2) is 0 Å². The molecule has 1 aromatic rings. The molecule has 0 saturated heterocycles. The first-order valence-electron chi connectivity index (χ1n) is 6.49. The van der Waals surface area contributed by atoms with E-state index in [1.54, 1.807) is 6.07 Å². The molecule has 18 heavy (non-hydrogen) atoms.